The van der Waals surface area contributed by atoms with Gasteiger partial charge in [-0.05, 0) is 18.1 Å². The molecule has 4 N–H and O–H groups in total. The van der Waals surface area contributed by atoms with Gasteiger partial charge in [0.15, 0.2) is 6.10 Å². The molecule has 110 valence electrons. The van der Waals surface area contributed by atoms with E-state index in [-0.39, 0.29) is 6.42 Å². The Bertz CT molecular complexity index is 704. The van der Waals surface area contributed by atoms with Crippen molar-refractivity contribution in [1.29, 1.82) is 0 Å². The van der Waals surface area contributed by atoms with Gasteiger partial charge in [0, 0.05) is 17.1 Å². The summed E-state index contributed by atoms with van der Waals surface area (Å²) in [5, 5.41) is 27.9. The zero-order chi connectivity index (χ0) is 15.6. The summed E-state index contributed by atoms with van der Waals surface area (Å²) in [6.45, 7) is 0. The first kappa shape index (κ1) is 14.7. The number of aliphatic hydroxyl groups is 1. The molecule has 7 heteroatoms. The second-order valence-electron chi connectivity index (χ2n) is 4.62. The summed E-state index contributed by atoms with van der Waals surface area (Å²) in [6.07, 6.45) is -0.675. The minimum Gasteiger partial charge on any atom is -0.479 e. The number of nitrogens with one attached hydrogen (secondary N) is 1. The molecule has 1 aromatic heterocycles. The van der Waals surface area contributed by atoms with Crippen LogP contribution in [0.3, 0.4) is 0 Å². The quantitative estimate of drug-likeness (QED) is 0.571. The standard InChI is InChI=1S/C14H13NO6/c16-11(13(18)19)9(12(17)14(20)21)5-7-6-15-10-4-2-1-3-8(7)10/h1-4,6,9,11,15-16H,5H2,(H,18,19)(H,20,21)/t9?,11-/m1/s1. The summed E-state index contributed by atoms with van der Waals surface area (Å²) in [5.41, 5.74) is 1.35. The summed E-state index contributed by atoms with van der Waals surface area (Å²) in [5.74, 6) is -6.26. The molecule has 0 amide bonds. The van der Waals surface area contributed by atoms with E-state index in [2.05, 4.69) is 4.98 Å². The molecule has 0 spiro atoms. The van der Waals surface area contributed by atoms with E-state index in [1.165, 1.54) is 0 Å². The van der Waals surface area contributed by atoms with E-state index in [0.29, 0.717) is 5.56 Å². The number of Topliss-reactive ketones (excluding diaryl/α,β-unsaturated/α-hetero) is 1. The lowest BCUT2D eigenvalue weighted by Crippen LogP contribution is -2.39. The van der Waals surface area contributed by atoms with E-state index in [9.17, 15) is 19.5 Å². The van der Waals surface area contributed by atoms with Crippen LogP contribution in [-0.4, -0.2) is 44.1 Å². The van der Waals surface area contributed by atoms with E-state index in [1.807, 2.05) is 0 Å². The minimum atomic E-state index is -2.07. The smallest absolute Gasteiger partial charge is 0.372 e. The van der Waals surface area contributed by atoms with Crippen molar-refractivity contribution in [3.8, 4) is 0 Å². The molecule has 2 atom stereocenters. The van der Waals surface area contributed by atoms with Gasteiger partial charge >= 0.3 is 11.9 Å². The molecule has 0 fully saturated rings. The van der Waals surface area contributed by atoms with Gasteiger partial charge in [-0.15, -0.1) is 0 Å². The summed E-state index contributed by atoms with van der Waals surface area (Å²) < 4.78 is 0. The van der Waals surface area contributed by atoms with E-state index in [1.54, 1.807) is 30.5 Å². The Morgan fingerprint density at radius 1 is 1.14 bits per heavy atom. The van der Waals surface area contributed by atoms with Gasteiger partial charge in [-0.25, -0.2) is 9.59 Å². The number of aliphatic hydroxyl groups excluding tert-OH is 1. The summed E-state index contributed by atoms with van der Waals surface area (Å²) in [4.78, 5) is 36.2. The molecule has 1 aromatic carbocycles. The first-order valence-electron chi connectivity index (χ1n) is 6.14. The molecule has 1 heterocycles. The number of ketones is 1. The lowest BCUT2D eigenvalue weighted by molar-refractivity contribution is -0.158. The van der Waals surface area contributed by atoms with Crippen molar-refractivity contribution in [1.82, 2.24) is 4.98 Å². The molecule has 0 saturated heterocycles. The van der Waals surface area contributed by atoms with E-state index in [0.717, 1.165) is 10.9 Å². The SMILES string of the molecule is O=C(O)C(=O)C(Cc1c[nH]c2ccccc12)[C@@H](O)C(=O)O. The maximum absolute atomic E-state index is 11.6. The first-order valence-corrected chi connectivity index (χ1v) is 6.14. The zero-order valence-corrected chi connectivity index (χ0v) is 10.8. The number of para-hydroxylation sites is 1. The van der Waals surface area contributed by atoms with Gasteiger partial charge in [0.1, 0.15) is 0 Å². The van der Waals surface area contributed by atoms with Gasteiger partial charge in [0.25, 0.3) is 0 Å². The van der Waals surface area contributed by atoms with Gasteiger partial charge in [-0.2, -0.15) is 0 Å². The molecule has 0 aliphatic rings. The number of hydrogen-bond donors (Lipinski definition) is 4. The summed E-state index contributed by atoms with van der Waals surface area (Å²) >= 11 is 0. The van der Waals surface area contributed by atoms with Crippen molar-refractivity contribution < 1.29 is 29.7 Å². The maximum atomic E-state index is 11.6. The number of carbonyl (C=O) groups is 3. The fourth-order valence-electron chi connectivity index (χ4n) is 2.22. The Kier molecular flexibility index (Phi) is 4.04. The number of aromatic amines is 1. The lowest BCUT2D eigenvalue weighted by Gasteiger charge is -2.16. The van der Waals surface area contributed by atoms with Crippen LogP contribution in [0, 0.1) is 5.92 Å². The van der Waals surface area contributed by atoms with Crippen LogP contribution in [0.5, 0.6) is 0 Å². The Balaban J connectivity index is 2.36. The van der Waals surface area contributed by atoms with Gasteiger partial charge in [0.05, 0.1) is 5.92 Å². The number of aliphatic carboxylic acids is 2. The monoisotopic (exact) mass is 291 g/mol. The highest BCUT2D eigenvalue weighted by Gasteiger charge is 2.36. The summed E-state index contributed by atoms with van der Waals surface area (Å²) in [6, 6.07) is 7.12. The van der Waals surface area contributed by atoms with Crippen LogP contribution in [0.15, 0.2) is 30.5 Å². The highest BCUT2D eigenvalue weighted by atomic mass is 16.4. The van der Waals surface area contributed by atoms with Crippen molar-refractivity contribution in [2.75, 3.05) is 0 Å². The molecule has 21 heavy (non-hydrogen) atoms. The Hall–Kier alpha value is -2.67. The average Bonchev–Trinajstić information content (AvgIpc) is 2.86. The van der Waals surface area contributed by atoms with E-state index in [4.69, 9.17) is 10.2 Å². The van der Waals surface area contributed by atoms with E-state index < -0.39 is 29.7 Å². The number of carboxylic acid groups (broad SMARTS) is 2. The Labute approximate surface area is 118 Å². The number of rotatable bonds is 6. The number of H-pyrrole nitrogens is 1. The molecule has 0 saturated carbocycles. The Morgan fingerprint density at radius 2 is 1.81 bits per heavy atom. The molecule has 0 aliphatic heterocycles. The largest absolute Gasteiger partial charge is 0.479 e. The van der Waals surface area contributed by atoms with Crippen molar-refractivity contribution in [2.24, 2.45) is 5.92 Å². The second-order valence-corrected chi connectivity index (χ2v) is 4.62. The highest BCUT2D eigenvalue weighted by Crippen LogP contribution is 2.23. The number of fused-ring (bicyclic) bond motifs is 1. The second kappa shape index (κ2) is 5.76. The van der Waals surface area contributed by atoms with Crippen molar-refractivity contribution in [3.05, 3.63) is 36.0 Å². The highest BCUT2D eigenvalue weighted by molar-refractivity contribution is 6.34. The molecular formula is C14H13NO6. The van der Waals surface area contributed by atoms with Crippen LogP contribution in [0.25, 0.3) is 10.9 Å². The third-order valence-electron chi connectivity index (χ3n) is 3.30. The normalized spacial score (nSPS) is 13.8. The number of carboxylic acids is 2. The molecule has 2 aromatic rings. The average molecular weight is 291 g/mol. The third kappa shape index (κ3) is 2.92. The maximum Gasteiger partial charge on any atom is 0.372 e. The first-order chi connectivity index (χ1) is 9.91. The molecule has 1 unspecified atom stereocenters. The topological polar surface area (TPSA) is 128 Å². The fourth-order valence-corrected chi connectivity index (χ4v) is 2.22. The minimum absolute atomic E-state index is 0.178. The number of benzene rings is 1. The van der Waals surface area contributed by atoms with Gasteiger partial charge in [-0.1, -0.05) is 18.2 Å². The summed E-state index contributed by atoms with van der Waals surface area (Å²) in [7, 11) is 0. The molecule has 2 rings (SSSR count). The van der Waals surface area contributed by atoms with Crippen LogP contribution in [0.4, 0.5) is 0 Å². The van der Waals surface area contributed by atoms with Gasteiger partial charge < -0.3 is 20.3 Å². The number of hydrogen-bond acceptors (Lipinski definition) is 4. The van der Waals surface area contributed by atoms with Gasteiger partial charge in [0.2, 0.25) is 5.78 Å². The molecular weight excluding hydrogens is 278 g/mol. The van der Waals surface area contributed by atoms with Crippen LogP contribution < -0.4 is 0 Å². The number of aromatic nitrogens is 1. The molecule has 7 nitrogen and oxygen atoms in total. The molecule has 0 radical (unpaired) electrons. The molecule has 0 bridgehead atoms. The van der Waals surface area contributed by atoms with Gasteiger partial charge in [-0.3, -0.25) is 4.79 Å². The van der Waals surface area contributed by atoms with E-state index >= 15 is 0 Å². The van der Waals surface area contributed by atoms with Crippen molar-refractivity contribution in [2.45, 2.75) is 12.5 Å². The predicted molar refractivity (Wildman–Crippen MR) is 71.8 cm³/mol. The third-order valence-corrected chi connectivity index (χ3v) is 3.30. The van der Waals surface area contributed by atoms with Crippen LogP contribution in [-0.2, 0) is 20.8 Å². The van der Waals surface area contributed by atoms with Crippen molar-refractivity contribution in [3.63, 3.8) is 0 Å². The fraction of sp³-hybridized carbons (Fsp3) is 0.214. The van der Waals surface area contributed by atoms with Crippen molar-refractivity contribution >= 4 is 28.6 Å². The van der Waals surface area contributed by atoms with Crippen LogP contribution in [0.2, 0.25) is 0 Å². The zero-order valence-electron chi connectivity index (χ0n) is 10.8. The van der Waals surface area contributed by atoms with Crippen LogP contribution >= 0.6 is 0 Å². The van der Waals surface area contributed by atoms with Crippen LogP contribution in [0.1, 0.15) is 5.56 Å². The Morgan fingerprint density at radius 3 is 2.43 bits per heavy atom. The number of carbonyl (C=O) groups excluding carboxylic acids is 1. The predicted octanol–water partition coefficient (Wildman–Crippen LogP) is 0.426. The lowest BCUT2D eigenvalue weighted by atomic mass is 9.90. The molecule has 0 aliphatic carbocycles.